The van der Waals surface area contributed by atoms with Crippen LogP contribution in [-0.2, 0) is 17.8 Å². The minimum Gasteiger partial charge on any atom is -0.478 e. The number of halogens is 2. The van der Waals surface area contributed by atoms with E-state index in [9.17, 15) is 18.4 Å². The molecule has 0 saturated carbocycles. The molecule has 0 aliphatic heterocycles. The molecule has 0 saturated heterocycles. The van der Waals surface area contributed by atoms with E-state index in [1.165, 1.54) is 19.1 Å². The molecule has 1 amide bonds. The average Bonchev–Trinajstić information content (AvgIpc) is 2.90. The van der Waals surface area contributed by atoms with Gasteiger partial charge >= 0.3 is 5.97 Å². The molecule has 24 heavy (non-hydrogen) atoms. The van der Waals surface area contributed by atoms with Crippen LogP contribution < -0.4 is 5.32 Å². The summed E-state index contributed by atoms with van der Waals surface area (Å²) >= 11 is 0. The van der Waals surface area contributed by atoms with Gasteiger partial charge in [-0.15, -0.1) is 0 Å². The van der Waals surface area contributed by atoms with E-state index in [0.29, 0.717) is 24.2 Å². The van der Waals surface area contributed by atoms with Gasteiger partial charge in [0.2, 0.25) is 5.91 Å². The van der Waals surface area contributed by atoms with Crippen LogP contribution in [0.3, 0.4) is 0 Å². The number of amides is 1. The maximum Gasteiger partial charge on any atom is 0.339 e. The van der Waals surface area contributed by atoms with Gasteiger partial charge in [0.25, 0.3) is 0 Å². The summed E-state index contributed by atoms with van der Waals surface area (Å²) in [5, 5.41) is 11.5. The van der Waals surface area contributed by atoms with E-state index in [4.69, 9.17) is 9.52 Å². The van der Waals surface area contributed by atoms with Gasteiger partial charge in [-0.1, -0.05) is 6.07 Å². The zero-order chi connectivity index (χ0) is 17.7. The lowest BCUT2D eigenvalue weighted by atomic mass is 10.1. The largest absolute Gasteiger partial charge is 0.478 e. The van der Waals surface area contributed by atoms with E-state index >= 15 is 0 Å². The number of carbonyl (C=O) groups is 2. The quantitative estimate of drug-likeness (QED) is 0.813. The molecule has 0 unspecified atom stereocenters. The first-order valence-electron chi connectivity index (χ1n) is 7.40. The van der Waals surface area contributed by atoms with Gasteiger partial charge in [-0.05, 0) is 43.5 Å². The molecule has 2 N–H and O–H groups in total. The molecular formula is C17H17F2NO4. The average molecular weight is 337 g/mol. The Bertz CT molecular complexity index is 755. The van der Waals surface area contributed by atoms with Crippen LogP contribution in [0.2, 0.25) is 0 Å². The fourth-order valence-corrected chi connectivity index (χ4v) is 2.27. The zero-order valence-corrected chi connectivity index (χ0v) is 13.1. The highest BCUT2D eigenvalue weighted by atomic mass is 19.2. The van der Waals surface area contributed by atoms with Gasteiger partial charge in [-0.25, -0.2) is 13.6 Å². The van der Waals surface area contributed by atoms with Crippen LogP contribution in [0.4, 0.5) is 8.78 Å². The lowest BCUT2D eigenvalue weighted by Crippen LogP contribution is -2.22. The van der Waals surface area contributed by atoms with Crippen molar-refractivity contribution in [2.75, 3.05) is 0 Å². The van der Waals surface area contributed by atoms with Crippen molar-refractivity contribution in [3.8, 4) is 0 Å². The molecule has 0 aliphatic carbocycles. The maximum atomic E-state index is 13.1. The lowest BCUT2D eigenvalue weighted by Gasteiger charge is -2.04. The van der Waals surface area contributed by atoms with Crippen LogP contribution in [0, 0.1) is 18.6 Å². The van der Waals surface area contributed by atoms with Gasteiger partial charge in [0.15, 0.2) is 11.6 Å². The van der Waals surface area contributed by atoms with E-state index in [0.717, 1.165) is 12.1 Å². The smallest absolute Gasteiger partial charge is 0.339 e. The molecule has 0 atom stereocenters. The molecule has 0 radical (unpaired) electrons. The number of carboxylic acid groups (broad SMARTS) is 1. The van der Waals surface area contributed by atoms with Crippen molar-refractivity contribution in [2.24, 2.45) is 0 Å². The van der Waals surface area contributed by atoms with Gasteiger partial charge in [0.05, 0.1) is 6.54 Å². The normalized spacial score (nSPS) is 10.6. The molecule has 128 valence electrons. The molecule has 1 heterocycles. The Hall–Kier alpha value is -2.70. The summed E-state index contributed by atoms with van der Waals surface area (Å²) in [5.74, 6) is -2.47. The summed E-state index contributed by atoms with van der Waals surface area (Å²) in [5.41, 5.74) is 0.687. The Morgan fingerprint density at radius 1 is 1.21 bits per heavy atom. The number of benzene rings is 1. The SMILES string of the molecule is Cc1oc(CNC(=O)CCCc2ccc(F)c(F)c2)cc1C(=O)O. The zero-order valence-electron chi connectivity index (χ0n) is 13.1. The molecular weight excluding hydrogens is 320 g/mol. The topological polar surface area (TPSA) is 79.5 Å². The molecule has 2 aromatic rings. The summed E-state index contributed by atoms with van der Waals surface area (Å²) in [7, 11) is 0. The summed E-state index contributed by atoms with van der Waals surface area (Å²) in [6, 6.07) is 5.03. The van der Waals surface area contributed by atoms with Crippen LogP contribution in [0.1, 0.15) is 40.3 Å². The van der Waals surface area contributed by atoms with Crippen molar-refractivity contribution < 1.29 is 27.9 Å². The molecule has 0 aliphatic rings. The minimum atomic E-state index is -1.08. The van der Waals surface area contributed by atoms with Crippen molar-refractivity contribution in [3.05, 3.63) is 58.5 Å². The van der Waals surface area contributed by atoms with Gasteiger partial charge < -0.3 is 14.8 Å². The molecule has 0 spiro atoms. The lowest BCUT2D eigenvalue weighted by molar-refractivity contribution is -0.121. The molecule has 5 nitrogen and oxygen atoms in total. The number of hydrogen-bond acceptors (Lipinski definition) is 3. The van der Waals surface area contributed by atoms with E-state index in [1.54, 1.807) is 0 Å². The number of furan rings is 1. The second-order valence-electron chi connectivity index (χ2n) is 5.37. The van der Waals surface area contributed by atoms with Crippen LogP contribution >= 0.6 is 0 Å². The summed E-state index contributed by atoms with van der Waals surface area (Å²) in [4.78, 5) is 22.6. The first-order chi connectivity index (χ1) is 11.4. The van der Waals surface area contributed by atoms with E-state index in [-0.39, 0.29) is 30.2 Å². The Morgan fingerprint density at radius 2 is 1.96 bits per heavy atom. The van der Waals surface area contributed by atoms with Gasteiger partial charge in [0, 0.05) is 6.42 Å². The van der Waals surface area contributed by atoms with Crippen molar-refractivity contribution in [1.82, 2.24) is 5.32 Å². The molecule has 2 rings (SSSR count). The number of aromatic carboxylic acids is 1. The third-order valence-corrected chi connectivity index (χ3v) is 3.51. The van der Waals surface area contributed by atoms with E-state index in [2.05, 4.69) is 5.32 Å². The van der Waals surface area contributed by atoms with Crippen LogP contribution in [0.5, 0.6) is 0 Å². The molecule has 0 bridgehead atoms. The Morgan fingerprint density at radius 3 is 2.58 bits per heavy atom. The maximum absolute atomic E-state index is 13.1. The molecule has 7 heteroatoms. The molecule has 1 aromatic carbocycles. The highest BCUT2D eigenvalue weighted by Crippen LogP contribution is 2.15. The first-order valence-corrected chi connectivity index (χ1v) is 7.40. The number of carboxylic acids is 1. The third-order valence-electron chi connectivity index (χ3n) is 3.51. The van der Waals surface area contributed by atoms with Crippen molar-refractivity contribution in [3.63, 3.8) is 0 Å². The van der Waals surface area contributed by atoms with Crippen molar-refractivity contribution in [2.45, 2.75) is 32.7 Å². The van der Waals surface area contributed by atoms with E-state index in [1.807, 2.05) is 0 Å². The van der Waals surface area contributed by atoms with Crippen LogP contribution in [-0.4, -0.2) is 17.0 Å². The second kappa shape index (κ2) is 7.72. The second-order valence-corrected chi connectivity index (χ2v) is 5.37. The molecule has 0 fully saturated rings. The Balaban J connectivity index is 1.76. The number of nitrogens with one attached hydrogen (secondary N) is 1. The van der Waals surface area contributed by atoms with Crippen molar-refractivity contribution >= 4 is 11.9 Å². The fourth-order valence-electron chi connectivity index (χ4n) is 2.27. The Kier molecular flexibility index (Phi) is 5.68. The van der Waals surface area contributed by atoms with Gasteiger partial charge in [-0.3, -0.25) is 4.79 Å². The monoisotopic (exact) mass is 337 g/mol. The van der Waals surface area contributed by atoms with Crippen LogP contribution in [0.25, 0.3) is 0 Å². The standard InChI is InChI=1S/C17H17F2NO4/c1-10-13(17(22)23)8-12(24-10)9-20-16(21)4-2-3-11-5-6-14(18)15(19)7-11/h5-8H,2-4,9H2,1H3,(H,20,21)(H,22,23). The third kappa shape index (κ3) is 4.65. The predicted octanol–water partition coefficient (Wildman–Crippen LogP) is 3.20. The van der Waals surface area contributed by atoms with Crippen LogP contribution in [0.15, 0.2) is 28.7 Å². The fraction of sp³-hybridized carbons (Fsp3) is 0.294. The number of hydrogen-bond donors (Lipinski definition) is 2. The summed E-state index contributed by atoms with van der Waals surface area (Å²) in [6.45, 7) is 1.63. The number of carbonyl (C=O) groups excluding carboxylic acids is 1. The predicted molar refractivity (Wildman–Crippen MR) is 81.5 cm³/mol. The summed E-state index contributed by atoms with van der Waals surface area (Å²) in [6.07, 6.45) is 1.15. The van der Waals surface area contributed by atoms with Crippen molar-refractivity contribution in [1.29, 1.82) is 0 Å². The Labute approximate surface area is 137 Å². The number of rotatable bonds is 7. The van der Waals surface area contributed by atoms with Gasteiger partial charge in [0.1, 0.15) is 17.1 Å². The molecule has 1 aromatic heterocycles. The van der Waals surface area contributed by atoms with E-state index < -0.39 is 17.6 Å². The highest BCUT2D eigenvalue weighted by Gasteiger charge is 2.14. The minimum absolute atomic E-state index is 0.0672. The number of aryl methyl sites for hydroxylation is 2. The van der Waals surface area contributed by atoms with Gasteiger partial charge in [-0.2, -0.15) is 0 Å². The highest BCUT2D eigenvalue weighted by molar-refractivity contribution is 5.88. The summed E-state index contributed by atoms with van der Waals surface area (Å²) < 4.78 is 31.1. The first kappa shape index (κ1) is 17.7.